The van der Waals surface area contributed by atoms with Crippen LogP contribution < -0.4 is 18.9 Å². The van der Waals surface area contributed by atoms with Crippen molar-refractivity contribution in [2.75, 3.05) is 27.9 Å². The largest absolute Gasteiger partial charge is 0.507 e. The van der Waals surface area contributed by atoms with Crippen molar-refractivity contribution in [3.8, 4) is 45.8 Å². The molecule has 2 saturated heterocycles. The highest BCUT2D eigenvalue weighted by Gasteiger charge is 2.48. The summed E-state index contributed by atoms with van der Waals surface area (Å²) in [5, 5.41) is 83.8. The Morgan fingerprint density at radius 1 is 0.696 bits per heavy atom. The van der Waals surface area contributed by atoms with Crippen LogP contribution in [0.15, 0.2) is 34.7 Å². The monoisotopic (exact) mass is 653 g/mol. The third kappa shape index (κ3) is 6.31. The normalized spacial score (nSPS) is 31.4. The van der Waals surface area contributed by atoms with Crippen LogP contribution in [0.4, 0.5) is 0 Å². The number of aliphatic hydroxyl groups excluding tert-OH is 6. The highest BCUT2D eigenvalue weighted by atomic mass is 16.7. The number of rotatable bonds is 9. The van der Waals surface area contributed by atoms with Gasteiger partial charge >= 0.3 is 11.3 Å². The number of aromatic hydroxyl groups is 2. The van der Waals surface area contributed by atoms with Crippen molar-refractivity contribution in [2.24, 2.45) is 0 Å². The maximum atomic E-state index is 10.8. The molecule has 2 aliphatic rings. The van der Waals surface area contributed by atoms with Crippen LogP contribution in [0.3, 0.4) is 0 Å². The fourth-order valence-corrected chi connectivity index (χ4v) is 5.22. The summed E-state index contributed by atoms with van der Waals surface area (Å²) in [7, 11) is 4.07. The molecule has 8 N–H and O–H groups in total. The van der Waals surface area contributed by atoms with Crippen molar-refractivity contribution in [1.82, 2.24) is 0 Å². The Labute approximate surface area is 262 Å². The van der Waals surface area contributed by atoms with Crippen molar-refractivity contribution < 1.29 is 78.4 Å². The van der Waals surface area contributed by atoms with Gasteiger partial charge in [-0.05, 0) is 6.92 Å². The van der Waals surface area contributed by atoms with E-state index in [1.165, 1.54) is 58.6 Å². The Morgan fingerprint density at radius 2 is 1.33 bits per heavy atom. The number of methoxy groups -OCH3 is 3. The molecule has 0 radical (unpaired) electrons. The Morgan fingerprint density at radius 3 is 1.96 bits per heavy atom. The molecule has 0 bridgehead atoms. The molecule has 0 spiro atoms. The zero-order valence-electron chi connectivity index (χ0n) is 25.2. The van der Waals surface area contributed by atoms with Crippen molar-refractivity contribution in [2.45, 2.75) is 68.3 Å². The van der Waals surface area contributed by atoms with E-state index in [9.17, 15) is 40.9 Å². The van der Waals surface area contributed by atoms with E-state index in [4.69, 9.17) is 37.6 Å². The maximum Gasteiger partial charge on any atom is 0.402 e. The third-order valence-electron chi connectivity index (χ3n) is 7.93. The van der Waals surface area contributed by atoms with Gasteiger partial charge in [-0.15, -0.1) is 0 Å². The molecular formula is C30H37O16+. The van der Waals surface area contributed by atoms with Gasteiger partial charge in [-0.25, -0.2) is 4.42 Å². The molecule has 0 saturated carbocycles. The molecule has 2 aromatic carbocycles. The zero-order chi connectivity index (χ0) is 33.4. The lowest BCUT2D eigenvalue weighted by atomic mass is 9.98. The predicted octanol–water partition coefficient (Wildman–Crippen LogP) is -0.152. The number of hydrogen-bond acceptors (Lipinski definition) is 15. The lowest BCUT2D eigenvalue weighted by Crippen LogP contribution is -2.61. The quantitative estimate of drug-likeness (QED) is 0.140. The van der Waals surface area contributed by atoms with Gasteiger partial charge in [-0.2, -0.15) is 0 Å². The topological polar surface area (TPSA) is 238 Å². The number of ether oxygens (including phenoxy) is 7. The van der Waals surface area contributed by atoms with Crippen LogP contribution in [-0.4, -0.2) is 130 Å². The van der Waals surface area contributed by atoms with Gasteiger partial charge in [-0.3, -0.25) is 0 Å². The molecule has 16 heteroatoms. The number of hydrogen-bond donors (Lipinski definition) is 8. The summed E-state index contributed by atoms with van der Waals surface area (Å²) in [6, 6.07) is 7.07. The summed E-state index contributed by atoms with van der Waals surface area (Å²) in [5.41, 5.74) is 0.416. The van der Waals surface area contributed by atoms with Crippen LogP contribution in [0, 0.1) is 0 Å². The van der Waals surface area contributed by atoms with Gasteiger partial charge in [0, 0.05) is 24.3 Å². The molecule has 2 fully saturated rings. The first-order valence-electron chi connectivity index (χ1n) is 14.2. The molecule has 2 aliphatic heterocycles. The van der Waals surface area contributed by atoms with Crippen LogP contribution in [0.25, 0.3) is 22.3 Å². The standard InChI is InChI=1S/C30H36O16/c1-11-21(32)24(35)26(37)29(43-11)42-10-20-23(34)25(36)27(38)30(46-20)45-19-9-14-15(31)7-13(39-2)8-16(14)44-28(19)12-5-17(40-3)22(33)18(6-12)41-4/h5-9,11,20-21,23-27,29-30,32,34-38H,10H2,1-4H3,(H-,31,33)/p+1/t11-,20+,21-,23-,24+,25-,26+,27+,29+,30+/m0/s1. The Hall–Kier alpha value is -3.71. The molecular weight excluding hydrogens is 616 g/mol. The first-order valence-corrected chi connectivity index (χ1v) is 14.2. The summed E-state index contributed by atoms with van der Waals surface area (Å²) in [4.78, 5) is 0. The number of phenols is 2. The summed E-state index contributed by atoms with van der Waals surface area (Å²) in [6.45, 7) is 0.954. The van der Waals surface area contributed by atoms with E-state index >= 15 is 0 Å². The van der Waals surface area contributed by atoms with Gasteiger partial charge in [0.2, 0.25) is 17.8 Å². The molecule has 1 aromatic heterocycles. The number of benzene rings is 2. The molecule has 16 nitrogen and oxygen atoms in total. The molecule has 0 aliphatic carbocycles. The lowest BCUT2D eigenvalue weighted by Gasteiger charge is -2.42. The molecule has 0 unspecified atom stereocenters. The Kier molecular flexibility index (Phi) is 9.92. The Bertz CT molecular complexity index is 1510. The molecule has 46 heavy (non-hydrogen) atoms. The van der Waals surface area contributed by atoms with Gasteiger partial charge < -0.3 is 74.0 Å². The van der Waals surface area contributed by atoms with Crippen LogP contribution in [-0.2, 0) is 14.2 Å². The molecule has 0 amide bonds. The van der Waals surface area contributed by atoms with E-state index < -0.39 is 68.0 Å². The van der Waals surface area contributed by atoms with Gasteiger partial charge in [0.05, 0.1) is 45.7 Å². The first kappa shape index (κ1) is 33.6. The summed E-state index contributed by atoms with van der Waals surface area (Å²) < 4.78 is 44.7. The number of fused-ring (bicyclic) bond motifs is 1. The predicted molar refractivity (Wildman–Crippen MR) is 155 cm³/mol. The van der Waals surface area contributed by atoms with Crippen molar-refractivity contribution in [1.29, 1.82) is 0 Å². The fourth-order valence-electron chi connectivity index (χ4n) is 5.22. The molecule has 3 heterocycles. The van der Waals surface area contributed by atoms with Gasteiger partial charge in [-0.1, -0.05) is 0 Å². The van der Waals surface area contributed by atoms with Crippen molar-refractivity contribution in [3.63, 3.8) is 0 Å². The van der Waals surface area contributed by atoms with Gasteiger partial charge in [0.25, 0.3) is 0 Å². The first-order chi connectivity index (χ1) is 21.9. The van der Waals surface area contributed by atoms with Crippen LogP contribution in [0.1, 0.15) is 6.92 Å². The highest BCUT2D eigenvalue weighted by Crippen LogP contribution is 2.45. The minimum atomic E-state index is -1.81. The molecule has 5 rings (SSSR count). The average Bonchev–Trinajstić information content (AvgIpc) is 3.05. The lowest BCUT2D eigenvalue weighted by molar-refractivity contribution is -0.318. The van der Waals surface area contributed by atoms with Gasteiger partial charge in [0.15, 0.2) is 17.8 Å². The molecule has 3 aromatic rings. The second-order valence-electron chi connectivity index (χ2n) is 10.9. The van der Waals surface area contributed by atoms with Crippen molar-refractivity contribution in [3.05, 3.63) is 30.3 Å². The van der Waals surface area contributed by atoms with Crippen LogP contribution in [0.5, 0.6) is 34.5 Å². The van der Waals surface area contributed by atoms with E-state index in [0.717, 1.165) is 0 Å². The van der Waals surface area contributed by atoms with E-state index in [0.29, 0.717) is 0 Å². The summed E-state index contributed by atoms with van der Waals surface area (Å²) in [5.74, 6) is -0.335. The second-order valence-corrected chi connectivity index (χ2v) is 10.9. The molecule has 10 atom stereocenters. The highest BCUT2D eigenvalue weighted by molar-refractivity contribution is 5.89. The minimum Gasteiger partial charge on any atom is -0.507 e. The SMILES string of the molecule is COc1cc(O)c2cc(O[C@@H]3O[C@H](CO[C@@H]4O[C@@H](C)[C@H](O)[C@@H](O)[C@H]4O)[C@H](O)[C@H](O)[C@H]3O)c(-c3cc(OC)c(O)c(OC)c3)[o+]c2c1. The third-order valence-corrected chi connectivity index (χ3v) is 7.93. The summed E-state index contributed by atoms with van der Waals surface area (Å²) >= 11 is 0. The molecule has 252 valence electrons. The number of phenolic OH excluding ortho intramolecular Hbond substituents is 2. The van der Waals surface area contributed by atoms with Crippen LogP contribution in [0.2, 0.25) is 0 Å². The van der Waals surface area contributed by atoms with Gasteiger partial charge in [0.1, 0.15) is 59.6 Å². The van der Waals surface area contributed by atoms with Crippen molar-refractivity contribution >= 4 is 11.0 Å². The van der Waals surface area contributed by atoms with E-state index in [2.05, 4.69) is 0 Å². The second kappa shape index (κ2) is 13.6. The van der Waals surface area contributed by atoms with Crippen LogP contribution >= 0.6 is 0 Å². The number of aliphatic hydroxyl groups is 6. The van der Waals surface area contributed by atoms with E-state index in [-0.39, 0.29) is 56.8 Å². The zero-order valence-corrected chi connectivity index (χ0v) is 25.2. The summed E-state index contributed by atoms with van der Waals surface area (Å²) in [6.07, 6.45) is -15.2. The average molecular weight is 654 g/mol. The van der Waals surface area contributed by atoms with E-state index in [1.807, 2.05) is 0 Å². The minimum absolute atomic E-state index is 0.0128. The van der Waals surface area contributed by atoms with E-state index in [1.54, 1.807) is 0 Å². The smallest absolute Gasteiger partial charge is 0.402 e. The fraction of sp³-hybridized carbons (Fsp3) is 0.500. The maximum absolute atomic E-state index is 10.8. The Balaban J connectivity index is 1.49.